The molecular weight excluding hydrogens is 1780 g/mol. The van der Waals surface area contributed by atoms with Crippen molar-refractivity contribution < 1.29 is 158 Å². The second-order valence-electron chi connectivity index (χ2n) is 39.4. The fourth-order valence-electron chi connectivity index (χ4n) is 22.0. The molecule has 0 heterocycles. The van der Waals surface area contributed by atoms with Crippen molar-refractivity contribution in [3.05, 3.63) is 0 Å². The summed E-state index contributed by atoms with van der Waals surface area (Å²) in [5.41, 5.74) is 0. The molecule has 0 unspecified atom stereocenters. The lowest BCUT2D eigenvalue weighted by molar-refractivity contribution is -0.397. The Bertz CT molecular complexity index is 3000. The summed E-state index contributed by atoms with van der Waals surface area (Å²) >= 11 is 0. The van der Waals surface area contributed by atoms with Crippen LogP contribution in [0.25, 0.3) is 0 Å². The average Bonchev–Trinajstić information content (AvgIpc) is 0.758. The highest BCUT2D eigenvalue weighted by molar-refractivity contribution is 5.05. The second-order valence-corrected chi connectivity index (χ2v) is 39.4. The Morgan fingerprint density at radius 1 is 0.142 bits per heavy atom. The van der Waals surface area contributed by atoms with E-state index in [1.54, 1.807) is 0 Å². The van der Waals surface area contributed by atoms with Crippen molar-refractivity contribution >= 4 is 0 Å². The second kappa shape index (κ2) is 48.0. The van der Waals surface area contributed by atoms with E-state index in [1.165, 1.54) is 148 Å². The lowest BCUT2D eigenvalue weighted by Gasteiger charge is -2.38. The largest absolute Gasteiger partial charge is 0.460 e. The molecule has 0 atom stereocenters. The molecule has 0 radical (unpaired) electrons. The zero-order chi connectivity index (χ0) is 96.1. The van der Waals surface area contributed by atoms with E-state index in [0.717, 1.165) is 126 Å². The fourth-order valence-corrected chi connectivity index (χ4v) is 22.0. The van der Waals surface area contributed by atoms with Gasteiger partial charge in [-0.25, -0.2) is 0 Å². The van der Waals surface area contributed by atoms with Gasteiger partial charge in [-0.15, -0.1) is 0 Å². The van der Waals surface area contributed by atoms with Crippen LogP contribution in [0.3, 0.4) is 0 Å². The molecule has 0 aromatic carbocycles. The van der Waals surface area contributed by atoms with E-state index in [1.807, 2.05) is 0 Å². The van der Waals surface area contributed by atoms with Crippen LogP contribution in [0.4, 0.5) is 158 Å². The van der Waals surface area contributed by atoms with Gasteiger partial charge in [0.1, 0.15) is 0 Å². The van der Waals surface area contributed by atoms with Crippen LogP contribution in [0.15, 0.2) is 0 Å². The fraction of sp³-hybridized carbons (Fsp3) is 1.00. The Morgan fingerprint density at radius 3 is 0.449 bits per heavy atom. The molecule has 8 rings (SSSR count). The van der Waals surface area contributed by atoms with E-state index >= 15 is 0 Å². The van der Waals surface area contributed by atoms with Gasteiger partial charge in [-0.3, -0.25) is 0 Å². The minimum atomic E-state index is -6.78. The van der Waals surface area contributed by atoms with E-state index in [0.29, 0.717) is 98.7 Å². The predicted molar refractivity (Wildman–Crippen MR) is 416 cm³/mol. The molecule has 8 aliphatic carbocycles. The first-order valence-electron chi connectivity index (χ1n) is 47.2. The quantitative estimate of drug-likeness (QED) is 0.0425. The summed E-state index contributed by atoms with van der Waals surface area (Å²) in [5, 5.41) is 0. The van der Waals surface area contributed by atoms with Gasteiger partial charge >= 0.3 is 95.8 Å². The normalized spacial score (nSPS) is 28.8. The number of alkyl halides is 36. The molecule has 8 fully saturated rings. The Labute approximate surface area is 727 Å². The van der Waals surface area contributed by atoms with Gasteiger partial charge in [0.05, 0.1) is 0 Å². The molecule has 754 valence electrons. The van der Waals surface area contributed by atoms with E-state index < -0.39 is 147 Å². The van der Waals surface area contributed by atoms with Crippen molar-refractivity contribution in [2.45, 2.75) is 477 Å². The monoisotopic (exact) mass is 1920 g/mol. The number of rotatable bonds is 39. The van der Waals surface area contributed by atoms with Gasteiger partial charge in [0.15, 0.2) is 0 Å². The molecule has 36 heteroatoms. The summed E-state index contributed by atoms with van der Waals surface area (Å²) in [5.74, 6) is -68.9. The predicted octanol–water partition coefficient (Wildman–Crippen LogP) is 37.3. The summed E-state index contributed by atoms with van der Waals surface area (Å²) in [6.45, 7) is 8.71. The van der Waals surface area contributed by atoms with Crippen LogP contribution in [0.1, 0.15) is 381 Å². The Kier molecular flexibility index (Phi) is 43.4. The molecule has 0 aliphatic heterocycles. The van der Waals surface area contributed by atoms with Gasteiger partial charge in [-0.2, -0.15) is 158 Å². The third-order valence-electron chi connectivity index (χ3n) is 30.7. The molecule has 127 heavy (non-hydrogen) atoms. The average molecular weight is 1920 g/mol. The first kappa shape index (κ1) is 115. The third-order valence-corrected chi connectivity index (χ3v) is 30.7. The summed E-state index contributed by atoms with van der Waals surface area (Å²) < 4.78 is 468. The van der Waals surface area contributed by atoms with E-state index in [-0.39, 0.29) is 23.7 Å². The van der Waals surface area contributed by atoms with Crippen molar-refractivity contribution in [1.82, 2.24) is 0 Å². The number of unbranched alkanes of at least 4 members (excludes halogenated alkanes) is 7. The summed E-state index contributed by atoms with van der Waals surface area (Å²) in [6, 6.07) is 0. The SMILES string of the molecule is CCCCCCC[C@H]1CC[C@H]([C@H]2CC[C@H](CCC(F)(F)C(F)(F)C(F)(F)C(F)(F)F)CC2)CC1.CCCCC[C@H]1CC[C@H]([C@H]2CC[C@H](CCC(F)(F)C(F)(F)C(F)(F)C(F)(F)F)CC2)CC1.CCCC[C@H]1CC[C@H]([C@H]2CC[C@H](CCC(F)(F)C(F)(F)C(F)(F)C(F)(F)F)CC2)CC1.CCC[C@H]1CC[C@H]([C@H]2CC[C@H](CCC(F)(F)C(F)(F)C(F)(F)C(F)(F)F)CC2)CC1. The summed E-state index contributed by atoms with van der Waals surface area (Å²) in [7, 11) is 0. The molecule has 0 amide bonds. The molecule has 8 aliphatic rings. The number of halogens is 36. The Morgan fingerprint density at radius 2 is 0.283 bits per heavy atom. The van der Waals surface area contributed by atoms with Crippen molar-refractivity contribution in [3.63, 3.8) is 0 Å². The molecule has 0 spiro atoms. The maximum absolute atomic E-state index is 13.8. The van der Waals surface area contributed by atoms with Crippen LogP contribution in [0, 0.1) is 94.7 Å². The Hall–Kier alpha value is -2.52. The molecular formula is C91H138F36. The number of hydrogen-bond donors (Lipinski definition) is 0. The van der Waals surface area contributed by atoms with Crippen molar-refractivity contribution in [2.24, 2.45) is 94.7 Å². The van der Waals surface area contributed by atoms with Gasteiger partial charge in [-0.05, 0) is 223 Å². The van der Waals surface area contributed by atoms with Gasteiger partial charge in [0.2, 0.25) is 0 Å². The van der Waals surface area contributed by atoms with Gasteiger partial charge < -0.3 is 0 Å². The van der Waals surface area contributed by atoms with Gasteiger partial charge in [0.25, 0.3) is 0 Å². The summed E-state index contributed by atoms with van der Waals surface area (Å²) in [4.78, 5) is 0. The van der Waals surface area contributed by atoms with Crippen LogP contribution in [-0.2, 0) is 0 Å². The molecule has 0 saturated heterocycles. The standard InChI is InChI=1S/C25H39F9.C23H35F9.C22H33F9.C21H31F9/c1-2-3-4-5-6-7-18-8-12-20(13-9-18)21-14-10-19(11-15-21)16-17-22(26,27)23(28,29)24(30,31)25(32,33)34;1-2-3-4-5-16-6-10-18(11-7-16)19-12-8-17(9-13-19)14-15-20(24,25)21(26,27)22(28,29)23(30,31)32;1-2-3-4-15-5-9-17(10-6-15)18-11-7-16(8-12-18)13-14-19(23,24)20(25,26)21(27,28)22(29,30)31;1-2-3-14-4-8-16(9-5-14)17-10-6-15(7-11-17)12-13-18(22,23)19(24,25)20(26,27)21(28,29)30/h18-21H,2-17H2,1H3;16-19H,2-15H2,1H3;15-18H,2-14H2,1H3;14-17H,2-13H2,1H3/t18-,19-,20-,21-;16-,17-,18-,19-;15-,16-,17-,18-;14-,15-,16-,17-. The van der Waals surface area contributed by atoms with Crippen LogP contribution >= 0.6 is 0 Å². The van der Waals surface area contributed by atoms with Crippen LogP contribution in [-0.4, -0.2) is 95.8 Å². The maximum atomic E-state index is 13.8. The third kappa shape index (κ3) is 30.5. The topological polar surface area (TPSA) is 0 Å². The highest BCUT2D eigenvalue weighted by atomic mass is 19.5. The highest BCUT2D eigenvalue weighted by Crippen LogP contribution is 2.61. The van der Waals surface area contributed by atoms with E-state index in [4.69, 9.17) is 0 Å². The Balaban J connectivity index is 0.000000301. The summed E-state index contributed by atoms with van der Waals surface area (Å²) in [6.07, 6.45) is 12.2. The number of hydrogen-bond acceptors (Lipinski definition) is 0. The molecule has 0 N–H and O–H groups in total. The first-order valence-corrected chi connectivity index (χ1v) is 47.2. The van der Waals surface area contributed by atoms with Crippen molar-refractivity contribution in [3.8, 4) is 0 Å². The van der Waals surface area contributed by atoms with Crippen LogP contribution < -0.4 is 0 Å². The lowest BCUT2D eigenvalue weighted by Crippen LogP contribution is -2.60. The molecule has 0 aromatic heterocycles. The van der Waals surface area contributed by atoms with E-state index in [2.05, 4.69) is 27.7 Å². The van der Waals surface area contributed by atoms with Crippen LogP contribution in [0.2, 0.25) is 0 Å². The highest BCUT2D eigenvalue weighted by Gasteiger charge is 2.85. The van der Waals surface area contributed by atoms with Gasteiger partial charge in [-0.1, -0.05) is 227 Å². The molecule has 0 aromatic rings. The first-order chi connectivity index (χ1) is 58.4. The van der Waals surface area contributed by atoms with Crippen LogP contribution in [0.5, 0.6) is 0 Å². The lowest BCUT2D eigenvalue weighted by atomic mass is 9.68. The van der Waals surface area contributed by atoms with Crippen molar-refractivity contribution in [2.75, 3.05) is 0 Å². The minimum Gasteiger partial charge on any atom is -0.200 e. The smallest absolute Gasteiger partial charge is 0.200 e. The molecule has 8 saturated carbocycles. The molecule has 0 bridgehead atoms. The minimum absolute atomic E-state index is 0.348. The molecule has 0 nitrogen and oxygen atoms in total. The van der Waals surface area contributed by atoms with E-state index in [9.17, 15) is 158 Å². The van der Waals surface area contributed by atoms with Gasteiger partial charge in [0, 0.05) is 25.7 Å². The van der Waals surface area contributed by atoms with Crippen molar-refractivity contribution in [1.29, 1.82) is 0 Å². The zero-order valence-corrected chi connectivity index (χ0v) is 73.7. The zero-order valence-electron chi connectivity index (χ0n) is 73.7. The maximum Gasteiger partial charge on any atom is 0.460 e.